The number of hydrogen-bond acceptors (Lipinski definition) is 11. The van der Waals surface area contributed by atoms with Crippen molar-refractivity contribution in [3.05, 3.63) is 112 Å². The quantitative estimate of drug-likeness (QED) is 0.183. The molecule has 2 atom stereocenters. The van der Waals surface area contributed by atoms with Crippen LogP contribution in [0.2, 0.25) is 0 Å². The summed E-state index contributed by atoms with van der Waals surface area (Å²) in [6.07, 6.45) is 3.13. The largest absolute Gasteiger partial charge is 0.453 e. The van der Waals surface area contributed by atoms with Gasteiger partial charge in [-0.05, 0) is 104 Å². The second-order valence-electron chi connectivity index (χ2n) is 17.5. The topological polar surface area (TPSA) is 147 Å². The molecule has 65 heavy (non-hydrogen) atoms. The normalized spacial score (nSPS) is 20.7. The highest BCUT2D eigenvalue weighted by molar-refractivity contribution is 6.05. The molecule has 17 heteroatoms. The number of halogens is 3. The third-order valence-electron chi connectivity index (χ3n) is 13.6. The van der Waals surface area contributed by atoms with E-state index in [1.807, 2.05) is 18.2 Å². The van der Waals surface area contributed by atoms with Crippen molar-refractivity contribution in [2.45, 2.75) is 50.9 Å². The van der Waals surface area contributed by atoms with Gasteiger partial charge in [0.2, 0.25) is 11.8 Å². The summed E-state index contributed by atoms with van der Waals surface area (Å²) in [5.41, 5.74) is 3.35. The van der Waals surface area contributed by atoms with Crippen LogP contribution in [-0.2, 0) is 16.1 Å². The molecule has 1 aromatic heterocycles. The van der Waals surface area contributed by atoms with Crippen molar-refractivity contribution < 1.29 is 32.3 Å². The first-order valence-corrected chi connectivity index (χ1v) is 22.1. The molecule has 4 aromatic carbocycles. The fourth-order valence-electron chi connectivity index (χ4n) is 9.98. The van der Waals surface area contributed by atoms with Gasteiger partial charge in [-0.2, -0.15) is 5.26 Å². The summed E-state index contributed by atoms with van der Waals surface area (Å²) < 4.78 is 52.0. The summed E-state index contributed by atoms with van der Waals surface area (Å²) in [5, 5.41) is 12.4. The van der Waals surface area contributed by atoms with Crippen LogP contribution >= 0.6 is 0 Å². The summed E-state index contributed by atoms with van der Waals surface area (Å²) in [7, 11) is 0. The van der Waals surface area contributed by atoms with Gasteiger partial charge in [-0.15, -0.1) is 0 Å². The van der Waals surface area contributed by atoms with Gasteiger partial charge in [0.25, 0.3) is 11.5 Å². The Balaban J connectivity index is 0.745. The summed E-state index contributed by atoms with van der Waals surface area (Å²) in [6, 6.07) is 19.1. The van der Waals surface area contributed by atoms with E-state index in [0.717, 1.165) is 67.4 Å². The molecular formula is C48H46F3N9O5. The molecule has 3 amide bonds. The number of hydrogen-bond donors (Lipinski definition) is 1. The lowest BCUT2D eigenvalue weighted by Crippen LogP contribution is -2.52. The molecule has 5 aliphatic rings. The van der Waals surface area contributed by atoms with Gasteiger partial charge >= 0.3 is 0 Å². The summed E-state index contributed by atoms with van der Waals surface area (Å²) >= 11 is 0. The van der Waals surface area contributed by atoms with Crippen LogP contribution in [0.5, 0.6) is 11.5 Å². The third kappa shape index (κ3) is 8.11. The molecule has 4 fully saturated rings. The van der Waals surface area contributed by atoms with E-state index in [1.165, 1.54) is 36.7 Å². The molecule has 0 aliphatic carbocycles. The minimum absolute atomic E-state index is 0.0225. The number of rotatable bonds is 9. The van der Waals surface area contributed by atoms with Crippen molar-refractivity contribution in [2.24, 2.45) is 5.92 Å². The van der Waals surface area contributed by atoms with Gasteiger partial charge in [-0.25, -0.2) is 18.2 Å². The molecule has 5 aliphatic heterocycles. The van der Waals surface area contributed by atoms with E-state index in [2.05, 4.69) is 31.1 Å². The molecule has 0 spiro atoms. The predicted molar refractivity (Wildman–Crippen MR) is 236 cm³/mol. The molecule has 1 unspecified atom stereocenters. The fourth-order valence-corrected chi connectivity index (χ4v) is 9.98. The molecule has 1 N–H and O–H groups in total. The smallest absolute Gasteiger partial charge is 0.265 e. The van der Waals surface area contributed by atoms with Gasteiger partial charge in [0.1, 0.15) is 41.7 Å². The summed E-state index contributed by atoms with van der Waals surface area (Å²) in [5.74, 6) is -2.00. The highest BCUT2D eigenvalue weighted by atomic mass is 19.1. The van der Waals surface area contributed by atoms with Crippen molar-refractivity contribution in [3.8, 4) is 23.3 Å². The van der Waals surface area contributed by atoms with Gasteiger partial charge in [-0.3, -0.25) is 34.0 Å². The highest BCUT2D eigenvalue weighted by Gasteiger charge is 2.39. The SMILES string of the molecule is N#Cc1c(N2CC[C@@H](F)C2)ccc(F)c1Oc1ccc2ncn(-c3ccc(N4CCN(CC5CCN(c6ccc7c(c6)CN(C6CCC(=O)NC6=O)C7=O)CC5)CC4)cc3F)c(=O)c2c1. The second-order valence-corrected chi connectivity index (χ2v) is 17.5. The summed E-state index contributed by atoms with van der Waals surface area (Å²) in [4.78, 5) is 65.7. The average Bonchev–Trinajstić information content (AvgIpc) is 3.89. The zero-order chi connectivity index (χ0) is 44.9. The fraction of sp³-hybridized carbons (Fsp3) is 0.375. The minimum atomic E-state index is -1.05. The maximum absolute atomic E-state index is 15.9. The van der Waals surface area contributed by atoms with Crippen molar-refractivity contribution in [3.63, 3.8) is 0 Å². The highest BCUT2D eigenvalue weighted by Crippen LogP contribution is 2.37. The lowest BCUT2D eigenvalue weighted by molar-refractivity contribution is -0.136. The average molecular weight is 886 g/mol. The number of benzene rings is 4. The Hall–Kier alpha value is -6.93. The summed E-state index contributed by atoms with van der Waals surface area (Å²) in [6.45, 7) is 6.65. The number of aromatic nitrogens is 2. The number of amides is 3. The van der Waals surface area contributed by atoms with Crippen LogP contribution in [0.4, 0.5) is 30.2 Å². The second kappa shape index (κ2) is 17.2. The first-order valence-electron chi connectivity index (χ1n) is 22.1. The number of piperidine rings is 2. The Morgan fingerprint density at radius 1 is 0.785 bits per heavy atom. The van der Waals surface area contributed by atoms with Crippen LogP contribution in [0.25, 0.3) is 16.6 Å². The van der Waals surface area contributed by atoms with Crippen molar-refractivity contribution in [1.29, 1.82) is 5.26 Å². The molecule has 6 heterocycles. The van der Waals surface area contributed by atoms with E-state index < -0.39 is 35.3 Å². The van der Waals surface area contributed by atoms with Gasteiger partial charge < -0.3 is 24.3 Å². The monoisotopic (exact) mass is 885 g/mol. The molecule has 0 bridgehead atoms. The minimum Gasteiger partial charge on any atom is -0.453 e. The van der Waals surface area contributed by atoms with E-state index in [-0.39, 0.29) is 52.9 Å². The number of ether oxygens (including phenoxy) is 1. The van der Waals surface area contributed by atoms with Crippen LogP contribution in [0.15, 0.2) is 77.9 Å². The molecule has 0 saturated carbocycles. The number of piperazine rings is 1. The maximum Gasteiger partial charge on any atom is 0.265 e. The van der Waals surface area contributed by atoms with Crippen LogP contribution in [0.3, 0.4) is 0 Å². The van der Waals surface area contributed by atoms with E-state index in [9.17, 15) is 28.8 Å². The van der Waals surface area contributed by atoms with Crippen LogP contribution in [0.1, 0.15) is 53.6 Å². The lowest BCUT2D eigenvalue weighted by atomic mass is 9.95. The standard InChI is InChI=1S/C48H46F3N9O5/c49-31-13-16-58(27-31)41-8-5-38(50)45(37(41)24-52)65-34-3-6-40-36(23-34)48(64)60(28-53-40)42-7-2-33(22-39(42)51)57-19-17-55(18-20-57)25-29-11-14-56(15-12-29)32-1-4-35-30(21-32)26-59(47(35)63)43-9-10-44(61)54-46(43)62/h1-8,21-23,28-29,31,43H,9-20,25-27H2,(H,54,61,62)/t31-,43?/m1/s1. The Morgan fingerprint density at radius 3 is 2.26 bits per heavy atom. The Kier molecular flexibility index (Phi) is 11.1. The Bertz CT molecular complexity index is 2830. The number of carbonyl (C=O) groups excluding carboxylic acids is 3. The number of nitriles is 1. The van der Waals surface area contributed by atoms with E-state index >= 15 is 8.78 Å². The van der Waals surface area contributed by atoms with Crippen LogP contribution < -0.4 is 30.3 Å². The number of anilines is 3. The first kappa shape index (κ1) is 42.0. The number of carbonyl (C=O) groups is 3. The predicted octanol–water partition coefficient (Wildman–Crippen LogP) is 5.68. The van der Waals surface area contributed by atoms with Crippen molar-refractivity contribution >= 4 is 45.7 Å². The van der Waals surface area contributed by atoms with E-state index in [0.29, 0.717) is 67.4 Å². The number of nitrogens with zero attached hydrogens (tertiary/aromatic N) is 8. The molecule has 0 radical (unpaired) electrons. The van der Waals surface area contributed by atoms with Gasteiger partial charge in [0.05, 0.1) is 22.3 Å². The number of alkyl halides is 1. The Labute approximate surface area is 372 Å². The molecule has 334 valence electrons. The molecular weight excluding hydrogens is 840 g/mol. The molecule has 4 saturated heterocycles. The van der Waals surface area contributed by atoms with Gasteiger partial charge in [0.15, 0.2) is 11.6 Å². The van der Waals surface area contributed by atoms with Crippen molar-refractivity contribution in [2.75, 3.05) is 73.6 Å². The molecule has 5 aromatic rings. The Morgan fingerprint density at radius 2 is 1.52 bits per heavy atom. The van der Waals surface area contributed by atoms with E-state index in [4.69, 9.17) is 4.74 Å². The third-order valence-corrected chi connectivity index (χ3v) is 13.6. The molecule has 14 nitrogen and oxygen atoms in total. The zero-order valence-corrected chi connectivity index (χ0v) is 35.5. The van der Waals surface area contributed by atoms with Crippen molar-refractivity contribution in [1.82, 2.24) is 24.7 Å². The van der Waals surface area contributed by atoms with Gasteiger partial charge in [-0.1, -0.05) is 0 Å². The lowest BCUT2D eigenvalue weighted by Gasteiger charge is -2.40. The van der Waals surface area contributed by atoms with Gasteiger partial charge in [0, 0.05) is 88.8 Å². The maximum atomic E-state index is 15.9. The number of nitrogens with one attached hydrogen (secondary N) is 1. The van der Waals surface area contributed by atoms with Crippen LogP contribution in [0, 0.1) is 28.9 Å². The number of fused-ring (bicyclic) bond motifs is 2. The first-order chi connectivity index (χ1) is 31.5. The van der Waals surface area contributed by atoms with Crippen LogP contribution in [-0.4, -0.2) is 108 Å². The number of imide groups is 1. The van der Waals surface area contributed by atoms with E-state index in [1.54, 1.807) is 21.9 Å². The zero-order valence-electron chi connectivity index (χ0n) is 35.5. The molecule has 10 rings (SSSR count).